The highest BCUT2D eigenvalue weighted by Gasteiger charge is 2.37. The summed E-state index contributed by atoms with van der Waals surface area (Å²) in [6, 6.07) is 66.6. The van der Waals surface area contributed by atoms with Crippen molar-refractivity contribution < 1.29 is 0 Å². The van der Waals surface area contributed by atoms with Crippen LogP contribution >= 0.6 is 23.5 Å². The van der Waals surface area contributed by atoms with Crippen LogP contribution < -0.4 is 26.0 Å². The molecular formula is C51H38BN3S2. The number of anilines is 8. The SMILES string of the molecule is CC1(C)c2ccccc2Sc2cc(-c3cc(N(c4ccccc4)c4ccccc4)cc4c3Bc3cccc5c3N4c3ccccc3S5)c(Nc3ccccc3)cc21. The van der Waals surface area contributed by atoms with Crippen molar-refractivity contribution in [2.75, 3.05) is 15.1 Å². The molecule has 11 rings (SSSR count). The smallest absolute Gasteiger partial charge is 0.198 e. The van der Waals surface area contributed by atoms with Crippen molar-refractivity contribution in [1.29, 1.82) is 0 Å². The minimum absolute atomic E-state index is 0.175. The van der Waals surface area contributed by atoms with E-state index in [0.29, 0.717) is 0 Å². The van der Waals surface area contributed by atoms with Gasteiger partial charge in [0.25, 0.3) is 0 Å². The summed E-state index contributed by atoms with van der Waals surface area (Å²) in [7, 11) is 0.827. The fourth-order valence-electron chi connectivity index (χ4n) is 8.94. The van der Waals surface area contributed by atoms with Crippen molar-refractivity contribution in [2.45, 2.75) is 38.8 Å². The van der Waals surface area contributed by atoms with Gasteiger partial charge in [0.05, 0.1) is 11.4 Å². The zero-order valence-corrected chi connectivity index (χ0v) is 33.4. The van der Waals surface area contributed by atoms with Gasteiger partial charge in [-0.2, -0.15) is 0 Å². The maximum absolute atomic E-state index is 3.94. The van der Waals surface area contributed by atoms with Crippen LogP contribution in [0, 0.1) is 0 Å². The minimum atomic E-state index is -0.175. The van der Waals surface area contributed by atoms with Crippen molar-refractivity contribution in [3.8, 4) is 11.1 Å². The highest BCUT2D eigenvalue weighted by Crippen LogP contribution is 2.55. The summed E-state index contributed by atoms with van der Waals surface area (Å²) in [6.07, 6.45) is 0. The molecule has 3 nitrogen and oxygen atoms in total. The average molecular weight is 768 g/mol. The van der Waals surface area contributed by atoms with Gasteiger partial charge in [-0.25, -0.2) is 0 Å². The van der Waals surface area contributed by atoms with Crippen LogP contribution in [0.5, 0.6) is 0 Å². The third-order valence-electron chi connectivity index (χ3n) is 11.7. The van der Waals surface area contributed by atoms with Gasteiger partial charge in [0, 0.05) is 64.7 Å². The standard InChI is InChI=1S/C51H38BN3S2/c1-51(2)39-23-12-14-26-45(39)56-48-31-37(42(32-40(48)51)53-33-17-6-3-7-18-33)38-29-36(54(34-19-8-4-9-20-34)35-21-10-5-11-22-35)30-44-49(38)52-41-24-16-28-47-50(41)55(44)43-25-13-15-27-46(43)57-47/h3-32,52-53H,1-2H3. The normalized spacial score (nSPS) is 13.9. The van der Waals surface area contributed by atoms with Crippen LogP contribution in [0.25, 0.3) is 11.1 Å². The van der Waals surface area contributed by atoms with E-state index in [1.807, 2.05) is 23.5 Å². The lowest BCUT2D eigenvalue weighted by Gasteiger charge is -2.40. The van der Waals surface area contributed by atoms with Crippen LogP contribution in [0.2, 0.25) is 0 Å². The van der Waals surface area contributed by atoms with E-state index in [4.69, 9.17) is 0 Å². The molecule has 3 aliphatic heterocycles. The number of fused-ring (bicyclic) bond motifs is 6. The zero-order valence-electron chi connectivity index (χ0n) is 31.7. The first kappa shape index (κ1) is 34.2. The Bertz CT molecular complexity index is 2800. The summed E-state index contributed by atoms with van der Waals surface area (Å²) < 4.78 is 0. The molecule has 57 heavy (non-hydrogen) atoms. The molecule has 1 N–H and O–H groups in total. The Morgan fingerprint density at radius 3 is 1.89 bits per heavy atom. The first-order chi connectivity index (χ1) is 28.0. The van der Waals surface area contributed by atoms with Crippen LogP contribution in [0.4, 0.5) is 45.5 Å². The summed E-state index contributed by atoms with van der Waals surface area (Å²) in [5.74, 6) is 0. The van der Waals surface area contributed by atoms with Crippen molar-refractivity contribution in [3.63, 3.8) is 0 Å². The molecule has 6 heteroatoms. The van der Waals surface area contributed by atoms with Crippen LogP contribution in [0.15, 0.2) is 202 Å². The maximum atomic E-state index is 3.94. The van der Waals surface area contributed by atoms with Crippen LogP contribution in [0.3, 0.4) is 0 Å². The summed E-state index contributed by atoms with van der Waals surface area (Å²) in [5.41, 5.74) is 16.9. The molecule has 0 radical (unpaired) electrons. The number of hydrogen-bond donors (Lipinski definition) is 1. The molecule has 8 aromatic rings. The molecule has 0 fully saturated rings. The molecule has 0 spiro atoms. The summed E-state index contributed by atoms with van der Waals surface area (Å²) in [5, 5.41) is 3.94. The van der Waals surface area contributed by atoms with Crippen molar-refractivity contribution >= 4 is 87.2 Å². The predicted molar refractivity (Wildman–Crippen MR) is 244 cm³/mol. The number of benzene rings is 8. The van der Waals surface area contributed by atoms with Crippen molar-refractivity contribution in [1.82, 2.24) is 0 Å². The predicted octanol–water partition coefficient (Wildman–Crippen LogP) is 13.0. The van der Waals surface area contributed by atoms with Gasteiger partial charge in [-0.15, -0.1) is 0 Å². The lowest BCUT2D eigenvalue weighted by molar-refractivity contribution is 0.608. The van der Waals surface area contributed by atoms with E-state index in [9.17, 15) is 0 Å². The zero-order chi connectivity index (χ0) is 38.1. The fraction of sp³-hybridized carbons (Fsp3) is 0.0588. The van der Waals surface area contributed by atoms with E-state index in [-0.39, 0.29) is 5.41 Å². The van der Waals surface area contributed by atoms with Gasteiger partial charge in [0.1, 0.15) is 0 Å². The second-order valence-electron chi connectivity index (χ2n) is 15.5. The number of para-hydroxylation sites is 5. The monoisotopic (exact) mass is 767 g/mol. The molecule has 0 aliphatic carbocycles. The quantitative estimate of drug-likeness (QED) is 0.169. The van der Waals surface area contributed by atoms with Crippen molar-refractivity contribution in [3.05, 3.63) is 193 Å². The molecule has 0 saturated carbocycles. The Labute approximate surface area is 343 Å². The molecule has 8 aromatic carbocycles. The van der Waals surface area contributed by atoms with Crippen LogP contribution in [-0.2, 0) is 5.41 Å². The summed E-state index contributed by atoms with van der Waals surface area (Å²) >= 11 is 3.77. The van der Waals surface area contributed by atoms with Gasteiger partial charge in [-0.05, 0) is 107 Å². The fourth-order valence-corrected chi connectivity index (χ4v) is 11.5. The first-order valence-electron chi connectivity index (χ1n) is 19.6. The number of nitrogens with zero attached hydrogens (tertiary/aromatic N) is 2. The summed E-state index contributed by atoms with van der Waals surface area (Å²) in [6.45, 7) is 4.74. The Morgan fingerprint density at radius 1 is 0.509 bits per heavy atom. The van der Waals surface area contributed by atoms with Crippen molar-refractivity contribution in [2.24, 2.45) is 0 Å². The second kappa shape index (κ2) is 13.5. The second-order valence-corrected chi connectivity index (χ2v) is 17.6. The Kier molecular flexibility index (Phi) is 8.13. The molecule has 3 aliphatic rings. The molecule has 0 atom stereocenters. The van der Waals surface area contributed by atoms with E-state index in [1.165, 1.54) is 69.8 Å². The Hall–Kier alpha value is -6.08. The van der Waals surface area contributed by atoms with E-state index < -0.39 is 0 Å². The van der Waals surface area contributed by atoms with Gasteiger partial charge in [-0.1, -0.05) is 140 Å². The lowest BCUT2D eigenvalue weighted by Crippen LogP contribution is -2.42. The Balaban J connectivity index is 1.22. The Morgan fingerprint density at radius 2 is 1.14 bits per heavy atom. The van der Waals surface area contributed by atoms with Gasteiger partial charge >= 0.3 is 0 Å². The molecule has 3 heterocycles. The number of nitrogens with one attached hydrogen (secondary N) is 1. The van der Waals surface area contributed by atoms with E-state index in [1.54, 1.807) is 0 Å². The van der Waals surface area contributed by atoms with E-state index in [2.05, 4.69) is 211 Å². The highest BCUT2D eigenvalue weighted by atomic mass is 32.2. The van der Waals surface area contributed by atoms with Gasteiger partial charge < -0.3 is 15.1 Å². The first-order valence-corrected chi connectivity index (χ1v) is 21.2. The van der Waals surface area contributed by atoms with Crippen LogP contribution in [0.1, 0.15) is 25.0 Å². The van der Waals surface area contributed by atoms with E-state index in [0.717, 1.165) is 35.7 Å². The molecule has 272 valence electrons. The third kappa shape index (κ3) is 5.69. The average Bonchev–Trinajstić information content (AvgIpc) is 3.25. The maximum Gasteiger partial charge on any atom is 0.198 e. The molecular weight excluding hydrogens is 730 g/mol. The van der Waals surface area contributed by atoms with Crippen LogP contribution in [-0.4, -0.2) is 7.28 Å². The molecule has 0 unspecified atom stereocenters. The largest absolute Gasteiger partial charge is 0.355 e. The highest BCUT2D eigenvalue weighted by molar-refractivity contribution is 8.00. The lowest BCUT2D eigenvalue weighted by atomic mass is 9.58. The number of rotatable bonds is 6. The van der Waals surface area contributed by atoms with Gasteiger partial charge in [0.2, 0.25) is 0 Å². The number of hydrogen-bond acceptors (Lipinski definition) is 5. The third-order valence-corrected chi connectivity index (χ3v) is 13.9. The molecule has 0 bridgehead atoms. The molecule has 0 amide bonds. The molecule has 0 aromatic heterocycles. The molecule has 0 saturated heterocycles. The summed E-state index contributed by atoms with van der Waals surface area (Å²) in [4.78, 5) is 10.1. The van der Waals surface area contributed by atoms with E-state index >= 15 is 0 Å². The van der Waals surface area contributed by atoms with Gasteiger partial charge in [0.15, 0.2) is 7.28 Å². The van der Waals surface area contributed by atoms with Gasteiger partial charge in [-0.3, -0.25) is 0 Å². The minimum Gasteiger partial charge on any atom is -0.355 e. The topological polar surface area (TPSA) is 18.5 Å².